The Morgan fingerprint density at radius 2 is 1.76 bits per heavy atom. The summed E-state index contributed by atoms with van der Waals surface area (Å²) in [5, 5.41) is 1.53. The van der Waals surface area contributed by atoms with E-state index in [9.17, 15) is 31.1 Å². The molecular formula is C15H8ClF6NOS. The van der Waals surface area contributed by atoms with Crippen LogP contribution in [0.25, 0.3) is 0 Å². The SMILES string of the molecule is O=C(CSc1ccc(Cl)c(C(F)(F)F)c1)Nc1ccc(F)c(F)c1F. The van der Waals surface area contributed by atoms with E-state index in [0.717, 1.165) is 30.0 Å². The molecule has 0 aliphatic rings. The molecule has 0 aromatic heterocycles. The molecule has 0 bridgehead atoms. The van der Waals surface area contributed by atoms with Crippen molar-refractivity contribution in [1.29, 1.82) is 0 Å². The Bertz CT molecular complexity index is 811. The van der Waals surface area contributed by atoms with Crippen molar-refractivity contribution in [3.63, 3.8) is 0 Å². The minimum absolute atomic E-state index is 0.109. The molecule has 0 radical (unpaired) electrons. The van der Waals surface area contributed by atoms with Gasteiger partial charge in [0.05, 0.1) is 22.0 Å². The lowest BCUT2D eigenvalue weighted by Crippen LogP contribution is -2.16. The van der Waals surface area contributed by atoms with E-state index in [4.69, 9.17) is 11.6 Å². The number of amides is 1. The summed E-state index contributed by atoms with van der Waals surface area (Å²) in [4.78, 5) is 11.8. The van der Waals surface area contributed by atoms with Gasteiger partial charge < -0.3 is 5.32 Å². The number of nitrogens with one attached hydrogen (secondary N) is 1. The lowest BCUT2D eigenvalue weighted by Gasteiger charge is -2.11. The molecule has 0 saturated carbocycles. The van der Waals surface area contributed by atoms with Gasteiger partial charge in [0.2, 0.25) is 5.91 Å². The highest BCUT2D eigenvalue weighted by Crippen LogP contribution is 2.37. The minimum Gasteiger partial charge on any atom is -0.323 e. The Morgan fingerprint density at radius 3 is 2.40 bits per heavy atom. The maximum atomic E-state index is 13.4. The summed E-state index contributed by atoms with van der Waals surface area (Å²) >= 11 is 6.22. The first-order chi connectivity index (χ1) is 11.6. The van der Waals surface area contributed by atoms with Crippen LogP contribution in [-0.2, 0) is 11.0 Å². The minimum atomic E-state index is -4.65. The number of carbonyl (C=O) groups excluding carboxylic acids is 1. The van der Waals surface area contributed by atoms with Crippen LogP contribution in [0.1, 0.15) is 5.56 Å². The molecule has 0 saturated heterocycles. The van der Waals surface area contributed by atoms with Crippen LogP contribution in [0, 0.1) is 17.5 Å². The van der Waals surface area contributed by atoms with Crippen LogP contribution in [0.3, 0.4) is 0 Å². The van der Waals surface area contributed by atoms with E-state index in [2.05, 4.69) is 0 Å². The number of anilines is 1. The van der Waals surface area contributed by atoms with Crippen molar-refractivity contribution in [2.75, 3.05) is 11.1 Å². The van der Waals surface area contributed by atoms with Crippen molar-refractivity contribution in [3.05, 3.63) is 58.4 Å². The van der Waals surface area contributed by atoms with E-state index >= 15 is 0 Å². The fourth-order valence-electron chi connectivity index (χ4n) is 1.77. The summed E-state index contributed by atoms with van der Waals surface area (Å²) in [5.74, 6) is -5.90. The zero-order valence-electron chi connectivity index (χ0n) is 12.1. The highest BCUT2D eigenvalue weighted by molar-refractivity contribution is 8.00. The molecule has 2 aromatic rings. The van der Waals surface area contributed by atoms with E-state index in [-0.39, 0.29) is 10.6 Å². The third-order valence-corrected chi connectivity index (χ3v) is 4.25. The summed E-state index contributed by atoms with van der Waals surface area (Å²) in [7, 11) is 0. The number of benzene rings is 2. The van der Waals surface area contributed by atoms with Gasteiger partial charge in [-0.1, -0.05) is 11.6 Å². The Morgan fingerprint density at radius 1 is 1.08 bits per heavy atom. The first kappa shape index (κ1) is 19.5. The monoisotopic (exact) mass is 399 g/mol. The predicted octanol–water partition coefficient (Wildman–Crippen LogP) is 5.51. The van der Waals surface area contributed by atoms with Crippen LogP contribution in [0.2, 0.25) is 5.02 Å². The fraction of sp³-hybridized carbons (Fsp3) is 0.133. The Kier molecular flexibility index (Phi) is 5.89. The van der Waals surface area contributed by atoms with Crippen LogP contribution >= 0.6 is 23.4 Å². The van der Waals surface area contributed by atoms with Crippen molar-refractivity contribution in [3.8, 4) is 0 Å². The van der Waals surface area contributed by atoms with E-state index < -0.39 is 45.8 Å². The molecule has 0 spiro atoms. The third kappa shape index (κ3) is 4.82. The van der Waals surface area contributed by atoms with E-state index in [1.807, 2.05) is 5.32 Å². The van der Waals surface area contributed by atoms with Gasteiger partial charge >= 0.3 is 6.18 Å². The summed E-state index contributed by atoms with van der Waals surface area (Å²) in [6.45, 7) is 0. The second kappa shape index (κ2) is 7.57. The van der Waals surface area contributed by atoms with Gasteiger partial charge in [-0.3, -0.25) is 4.79 Å². The van der Waals surface area contributed by atoms with Crippen LogP contribution < -0.4 is 5.32 Å². The average Bonchev–Trinajstić information content (AvgIpc) is 2.53. The molecular weight excluding hydrogens is 392 g/mol. The molecule has 1 N–H and O–H groups in total. The number of halogens is 7. The summed E-state index contributed by atoms with van der Waals surface area (Å²) in [6.07, 6.45) is -4.65. The zero-order valence-corrected chi connectivity index (χ0v) is 13.6. The second-order valence-corrected chi connectivity index (χ2v) is 6.16. The Labute approximate surface area is 147 Å². The number of alkyl halides is 3. The molecule has 10 heteroatoms. The van der Waals surface area contributed by atoms with Gasteiger partial charge in [-0.05, 0) is 30.3 Å². The maximum absolute atomic E-state index is 13.4. The molecule has 25 heavy (non-hydrogen) atoms. The van der Waals surface area contributed by atoms with Gasteiger partial charge in [0, 0.05) is 4.90 Å². The third-order valence-electron chi connectivity index (χ3n) is 2.92. The number of carbonyl (C=O) groups is 1. The average molecular weight is 400 g/mol. The van der Waals surface area contributed by atoms with Crippen LogP contribution in [0.5, 0.6) is 0 Å². The van der Waals surface area contributed by atoms with Crippen molar-refractivity contribution < 1.29 is 31.1 Å². The Hall–Kier alpha value is -1.87. The topological polar surface area (TPSA) is 29.1 Å². The van der Waals surface area contributed by atoms with E-state index in [1.165, 1.54) is 6.07 Å². The first-order valence-electron chi connectivity index (χ1n) is 6.52. The lowest BCUT2D eigenvalue weighted by atomic mass is 10.2. The van der Waals surface area contributed by atoms with Crippen molar-refractivity contribution in [1.82, 2.24) is 0 Å². The van der Waals surface area contributed by atoms with Gasteiger partial charge in [-0.2, -0.15) is 13.2 Å². The van der Waals surface area contributed by atoms with E-state index in [0.29, 0.717) is 6.07 Å². The van der Waals surface area contributed by atoms with Gasteiger partial charge in [0.25, 0.3) is 0 Å². The molecule has 0 fully saturated rings. The molecule has 0 atom stereocenters. The molecule has 134 valence electrons. The molecule has 0 aliphatic heterocycles. The summed E-state index contributed by atoms with van der Waals surface area (Å²) in [5.41, 5.74) is -1.62. The second-order valence-electron chi connectivity index (χ2n) is 4.70. The maximum Gasteiger partial charge on any atom is 0.417 e. The van der Waals surface area contributed by atoms with Crippen molar-refractivity contribution in [2.24, 2.45) is 0 Å². The molecule has 1 amide bonds. The molecule has 2 aromatic carbocycles. The largest absolute Gasteiger partial charge is 0.417 e. The summed E-state index contributed by atoms with van der Waals surface area (Å²) < 4.78 is 77.5. The smallest absolute Gasteiger partial charge is 0.323 e. The molecule has 2 rings (SSSR count). The summed E-state index contributed by atoms with van der Waals surface area (Å²) in [6, 6.07) is 4.57. The van der Waals surface area contributed by atoms with Crippen molar-refractivity contribution in [2.45, 2.75) is 11.1 Å². The predicted molar refractivity (Wildman–Crippen MR) is 82.1 cm³/mol. The van der Waals surface area contributed by atoms with Gasteiger partial charge in [0.1, 0.15) is 0 Å². The molecule has 2 nitrogen and oxygen atoms in total. The lowest BCUT2D eigenvalue weighted by molar-refractivity contribution is -0.137. The van der Waals surface area contributed by atoms with Gasteiger partial charge in [0.15, 0.2) is 17.5 Å². The van der Waals surface area contributed by atoms with Crippen molar-refractivity contribution >= 4 is 35.0 Å². The standard InChI is InChI=1S/C15H8ClF6NOS/c16-9-2-1-7(5-8(9)15(20,21)22)25-6-12(24)23-11-4-3-10(17)13(18)14(11)19/h1-5H,6H2,(H,23,24). The molecule has 0 unspecified atom stereocenters. The molecule has 0 aliphatic carbocycles. The Balaban J connectivity index is 2.05. The van der Waals surface area contributed by atoms with E-state index in [1.54, 1.807) is 0 Å². The highest BCUT2D eigenvalue weighted by atomic mass is 35.5. The normalized spacial score (nSPS) is 11.5. The quantitative estimate of drug-likeness (QED) is 0.417. The van der Waals surface area contributed by atoms with Crippen LogP contribution in [0.15, 0.2) is 35.2 Å². The van der Waals surface area contributed by atoms with Crippen LogP contribution in [-0.4, -0.2) is 11.7 Å². The van der Waals surface area contributed by atoms with Gasteiger partial charge in [-0.15, -0.1) is 11.8 Å². The number of thioether (sulfide) groups is 1. The molecule has 0 heterocycles. The number of rotatable bonds is 4. The van der Waals surface area contributed by atoms with Gasteiger partial charge in [-0.25, -0.2) is 13.2 Å². The highest BCUT2D eigenvalue weighted by Gasteiger charge is 2.33. The number of hydrogen-bond acceptors (Lipinski definition) is 2. The fourth-order valence-corrected chi connectivity index (χ4v) is 2.73. The van der Waals surface area contributed by atoms with Crippen LogP contribution in [0.4, 0.5) is 32.0 Å². The number of hydrogen-bond donors (Lipinski definition) is 1. The first-order valence-corrected chi connectivity index (χ1v) is 7.89. The zero-order chi connectivity index (χ0) is 18.8.